The highest BCUT2D eigenvalue weighted by Gasteiger charge is 2.35. The van der Waals surface area contributed by atoms with Gasteiger partial charge in [0, 0.05) is 29.6 Å². The van der Waals surface area contributed by atoms with Gasteiger partial charge >= 0.3 is 0 Å². The number of aromatic amines is 1. The summed E-state index contributed by atoms with van der Waals surface area (Å²) in [6.45, 7) is 6.60. The standard InChI is InChI=1S/C17H22N2O/c1-2-20-13-3-4-17-14(9-13)15(10-18-17)16-11-19-7-5-12(16)6-8-19/h3-4,9-10,12,16,18H,2,5-8,11H2,1H3. The number of nitrogens with one attached hydrogen (secondary N) is 1. The minimum absolute atomic E-state index is 0.697. The van der Waals surface area contributed by atoms with Crippen LogP contribution < -0.4 is 4.74 Å². The molecule has 0 amide bonds. The number of hydrogen-bond donors (Lipinski definition) is 1. The molecule has 2 bridgehead atoms. The third-order valence-electron chi connectivity index (χ3n) is 5.05. The van der Waals surface area contributed by atoms with E-state index in [0.29, 0.717) is 5.92 Å². The highest BCUT2D eigenvalue weighted by atomic mass is 16.5. The quantitative estimate of drug-likeness (QED) is 0.926. The Bertz CT molecular complexity index is 610. The van der Waals surface area contributed by atoms with Crippen molar-refractivity contribution in [3.8, 4) is 5.75 Å². The molecule has 3 fully saturated rings. The molecular formula is C17H22N2O. The summed E-state index contributed by atoms with van der Waals surface area (Å²) in [5, 5.41) is 1.36. The fraction of sp³-hybridized carbons (Fsp3) is 0.529. The maximum atomic E-state index is 5.66. The number of aromatic nitrogens is 1. The molecule has 20 heavy (non-hydrogen) atoms. The Balaban J connectivity index is 1.73. The zero-order valence-electron chi connectivity index (χ0n) is 12.1. The van der Waals surface area contributed by atoms with Crippen molar-refractivity contribution in [3.63, 3.8) is 0 Å². The number of rotatable bonds is 3. The Hall–Kier alpha value is -1.48. The maximum Gasteiger partial charge on any atom is 0.120 e. The van der Waals surface area contributed by atoms with Gasteiger partial charge in [0.25, 0.3) is 0 Å². The van der Waals surface area contributed by atoms with Crippen molar-refractivity contribution in [3.05, 3.63) is 30.0 Å². The molecule has 2 aromatic rings. The minimum atomic E-state index is 0.697. The van der Waals surface area contributed by atoms with Gasteiger partial charge in [0.15, 0.2) is 0 Å². The summed E-state index contributed by atoms with van der Waals surface area (Å²) in [5.74, 6) is 2.56. The summed E-state index contributed by atoms with van der Waals surface area (Å²) < 4.78 is 5.66. The summed E-state index contributed by atoms with van der Waals surface area (Å²) in [5.41, 5.74) is 2.73. The molecule has 0 spiro atoms. The summed E-state index contributed by atoms with van der Waals surface area (Å²) in [4.78, 5) is 6.06. The lowest BCUT2D eigenvalue weighted by Crippen LogP contribution is -2.46. The van der Waals surface area contributed by atoms with Crippen molar-refractivity contribution >= 4 is 10.9 Å². The Kier molecular flexibility index (Phi) is 2.95. The van der Waals surface area contributed by atoms with Crippen LogP contribution in [0.15, 0.2) is 24.4 Å². The van der Waals surface area contributed by atoms with Crippen LogP contribution in [0.2, 0.25) is 0 Å². The van der Waals surface area contributed by atoms with E-state index in [1.165, 1.54) is 48.9 Å². The van der Waals surface area contributed by atoms with Crippen LogP contribution in [-0.4, -0.2) is 36.1 Å². The summed E-state index contributed by atoms with van der Waals surface area (Å²) in [7, 11) is 0. The second-order valence-corrected chi connectivity index (χ2v) is 6.13. The third-order valence-corrected chi connectivity index (χ3v) is 5.05. The molecule has 4 heterocycles. The lowest BCUT2D eigenvalue weighted by atomic mass is 9.75. The van der Waals surface area contributed by atoms with Gasteiger partial charge in [0.05, 0.1) is 6.61 Å². The SMILES string of the molecule is CCOc1ccc2[nH]cc(C3CN4CCC3CC4)c2c1. The van der Waals surface area contributed by atoms with E-state index >= 15 is 0 Å². The molecule has 3 aliphatic heterocycles. The van der Waals surface area contributed by atoms with Crippen LogP contribution in [0.1, 0.15) is 31.2 Å². The lowest BCUT2D eigenvalue weighted by molar-refractivity contribution is 0.0876. The minimum Gasteiger partial charge on any atom is -0.494 e. The van der Waals surface area contributed by atoms with Gasteiger partial charge in [-0.1, -0.05) is 0 Å². The molecule has 1 atom stereocenters. The maximum absolute atomic E-state index is 5.66. The zero-order chi connectivity index (χ0) is 13.5. The second-order valence-electron chi connectivity index (χ2n) is 6.13. The van der Waals surface area contributed by atoms with E-state index < -0.39 is 0 Å². The molecule has 1 aromatic carbocycles. The van der Waals surface area contributed by atoms with Crippen LogP contribution in [0.25, 0.3) is 10.9 Å². The smallest absolute Gasteiger partial charge is 0.120 e. The van der Waals surface area contributed by atoms with Gasteiger partial charge in [-0.2, -0.15) is 0 Å². The molecule has 1 N–H and O–H groups in total. The predicted octanol–water partition coefficient (Wildman–Crippen LogP) is 3.38. The number of ether oxygens (including phenoxy) is 1. The highest BCUT2D eigenvalue weighted by Crippen LogP contribution is 2.41. The number of H-pyrrole nitrogens is 1. The Morgan fingerprint density at radius 3 is 2.85 bits per heavy atom. The fourth-order valence-corrected chi connectivity index (χ4v) is 4.00. The van der Waals surface area contributed by atoms with Crippen molar-refractivity contribution in [2.45, 2.75) is 25.7 Å². The van der Waals surface area contributed by atoms with E-state index in [9.17, 15) is 0 Å². The Morgan fingerprint density at radius 1 is 1.30 bits per heavy atom. The van der Waals surface area contributed by atoms with Crippen LogP contribution >= 0.6 is 0 Å². The van der Waals surface area contributed by atoms with Crippen molar-refractivity contribution in [2.24, 2.45) is 5.92 Å². The van der Waals surface area contributed by atoms with Crippen LogP contribution in [0.5, 0.6) is 5.75 Å². The van der Waals surface area contributed by atoms with Crippen LogP contribution in [-0.2, 0) is 0 Å². The van der Waals surface area contributed by atoms with Crippen molar-refractivity contribution in [1.29, 1.82) is 0 Å². The van der Waals surface area contributed by atoms with Crippen molar-refractivity contribution in [1.82, 2.24) is 9.88 Å². The van der Waals surface area contributed by atoms with E-state index in [2.05, 4.69) is 34.3 Å². The molecule has 1 aromatic heterocycles. The van der Waals surface area contributed by atoms with Crippen LogP contribution in [0.4, 0.5) is 0 Å². The number of nitrogens with zero attached hydrogens (tertiary/aromatic N) is 1. The van der Waals surface area contributed by atoms with Crippen LogP contribution in [0, 0.1) is 5.92 Å². The Morgan fingerprint density at radius 2 is 2.15 bits per heavy atom. The normalized spacial score (nSPS) is 28.9. The molecule has 3 nitrogen and oxygen atoms in total. The molecule has 1 unspecified atom stereocenters. The van der Waals surface area contributed by atoms with Gasteiger partial charge in [-0.15, -0.1) is 0 Å². The molecule has 0 aliphatic carbocycles. The molecule has 106 valence electrons. The van der Waals surface area contributed by atoms with Gasteiger partial charge in [0.2, 0.25) is 0 Å². The topological polar surface area (TPSA) is 28.3 Å². The first-order valence-electron chi connectivity index (χ1n) is 7.81. The summed E-state index contributed by atoms with van der Waals surface area (Å²) in [6, 6.07) is 6.41. The van der Waals surface area contributed by atoms with E-state index in [0.717, 1.165) is 18.3 Å². The fourth-order valence-electron chi connectivity index (χ4n) is 4.00. The summed E-state index contributed by atoms with van der Waals surface area (Å²) in [6.07, 6.45) is 4.96. The molecule has 3 heteroatoms. The monoisotopic (exact) mass is 270 g/mol. The molecule has 0 saturated carbocycles. The zero-order valence-corrected chi connectivity index (χ0v) is 12.1. The molecule has 5 rings (SSSR count). The average Bonchev–Trinajstić information content (AvgIpc) is 2.92. The predicted molar refractivity (Wildman–Crippen MR) is 81.4 cm³/mol. The van der Waals surface area contributed by atoms with E-state index in [1.54, 1.807) is 0 Å². The first-order valence-corrected chi connectivity index (χ1v) is 7.81. The number of benzene rings is 1. The molecule has 3 saturated heterocycles. The largest absolute Gasteiger partial charge is 0.494 e. The van der Waals surface area contributed by atoms with Crippen molar-refractivity contribution < 1.29 is 4.74 Å². The average molecular weight is 270 g/mol. The van der Waals surface area contributed by atoms with E-state index in [4.69, 9.17) is 4.74 Å². The number of hydrogen-bond acceptors (Lipinski definition) is 2. The number of fused-ring (bicyclic) bond motifs is 4. The van der Waals surface area contributed by atoms with Gasteiger partial charge in [-0.3, -0.25) is 0 Å². The highest BCUT2D eigenvalue weighted by molar-refractivity contribution is 5.85. The van der Waals surface area contributed by atoms with Crippen LogP contribution in [0.3, 0.4) is 0 Å². The second kappa shape index (κ2) is 4.81. The molecule has 3 aliphatic rings. The third kappa shape index (κ3) is 1.92. The first kappa shape index (κ1) is 12.3. The van der Waals surface area contributed by atoms with Gasteiger partial charge in [-0.25, -0.2) is 0 Å². The molecular weight excluding hydrogens is 248 g/mol. The number of piperidine rings is 3. The Labute approximate surface area is 119 Å². The van der Waals surface area contributed by atoms with Crippen molar-refractivity contribution in [2.75, 3.05) is 26.2 Å². The van der Waals surface area contributed by atoms with Gasteiger partial charge < -0.3 is 14.6 Å². The van der Waals surface area contributed by atoms with E-state index in [1.807, 2.05) is 6.92 Å². The lowest BCUT2D eigenvalue weighted by Gasteiger charge is -2.44. The summed E-state index contributed by atoms with van der Waals surface area (Å²) >= 11 is 0. The van der Waals surface area contributed by atoms with E-state index in [-0.39, 0.29) is 0 Å². The first-order chi connectivity index (χ1) is 9.85. The molecule has 0 radical (unpaired) electrons. The van der Waals surface area contributed by atoms with Gasteiger partial charge in [-0.05, 0) is 62.5 Å². The van der Waals surface area contributed by atoms with Gasteiger partial charge in [0.1, 0.15) is 5.75 Å².